The van der Waals surface area contributed by atoms with Crippen LogP contribution < -0.4 is 14.8 Å². The maximum Gasteiger partial charge on any atom is 0.261 e. The van der Waals surface area contributed by atoms with E-state index in [4.69, 9.17) is 4.74 Å². The number of anilines is 1. The van der Waals surface area contributed by atoms with Crippen LogP contribution in [0.4, 0.5) is 5.69 Å². The van der Waals surface area contributed by atoms with E-state index in [-0.39, 0.29) is 46.7 Å². The van der Waals surface area contributed by atoms with E-state index in [2.05, 4.69) is 10.0 Å². The van der Waals surface area contributed by atoms with Gasteiger partial charge in [0.15, 0.2) is 0 Å². The number of carbonyl (C=O) groups excluding carboxylic acids is 1. The van der Waals surface area contributed by atoms with Crippen LogP contribution in [0.15, 0.2) is 47.4 Å². The molecule has 0 unspecified atom stereocenters. The molecule has 0 fully saturated rings. The zero-order valence-corrected chi connectivity index (χ0v) is 19.6. The number of ether oxygens (including phenoxy) is 1. The lowest BCUT2D eigenvalue weighted by Crippen LogP contribution is -2.49. The third-order valence-corrected chi connectivity index (χ3v) is 7.05. The molecule has 0 bridgehead atoms. The summed E-state index contributed by atoms with van der Waals surface area (Å²) >= 11 is 0. The molecule has 2 aromatic carbocycles. The predicted molar refractivity (Wildman–Crippen MR) is 124 cm³/mol. The number of amides is 1. The highest BCUT2D eigenvalue weighted by molar-refractivity contribution is 7.92. The second-order valence-electron chi connectivity index (χ2n) is 8.31. The van der Waals surface area contributed by atoms with Crippen LogP contribution in [0, 0.1) is 12.8 Å². The topological polar surface area (TPSA) is 108 Å². The van der Waals surface area contributed by atoms with Gasteiger partial charge in [0.2, 0.25) is 0 Å². The van der Waals surface area contributed by atoms with Gasteiger partial charge in [0.1, 0.15) is 11.9 Å². The molecule has 174 valence electrons. The second kappa shape index (κ2) is 9.89. The summed E-state index contributed by atoms with van der Waals surface area (Å²) < 4.78 is 34.3. The highest BCUT2D eigenvalue weighted by atomic mass is 32.2. The first-order valence-corrected chi connectivity index (χ1v) is 12.1. The Morgan fingerprint density at radius 2 is 1.91 bits per heavy atom. The minimum atomic E-state index is -3.82. The molecule has 1 heterocycles. The first-order chi connectivity index (χ1) is 15.2. The van der Waals surface area contributed by atoms with Crippen molar-refractivity contribution in [2.24, 2.45) is 5.92 Å². The van der Waals surface area contributed by atoms with Crippen molar-refractivity contribution in [3.8, 4) is 5.75 Å². The fraction of sp³-hybridized carbons (Fsp3) is 0.435. The van der Waals surface area contributed by atoms with Gasteiger partial charge in [-0.3, -0.25) is 9.52 Å². The average molecular weight is 462 g/mol. The van der Waals surface area contributed by atoms with Gasteiger partial charge in [-0.2, -0.15) is 0 Å². The number of likely N-dealkylation sites (N-methyl/N-ethyl adjacent to an activating group) is 1. The third-order valence-electron chi connectivity index (χ3n) is 5.65. The fourth-order valence-electron chi connectivity index (χ4n) is 3.66. The second-order valence-corrected chi connectivity index (χ2v) is 9.99. The molecule has 0 spiro atoms. The van der Waals surface area contributed by atoms with Crippen LogP contribution in [0.1, 0.15) is 29.8 Å². The minimum absolute atomic E-state index is 0.0215. The van der Waals surface area contributed by atoms with Crippen LogP contribution in [0.5, 0.6) is 5.75 Å². The van der Waals surface area contributed by atoms with Gasteiger partial charge in [0.25, 0.3) is 15.9 Å². The molecule has 0 saturated heterocycles. The molecular weight excluding hydrogens is 430 g/mol. The molecule has 32 heavy (non-hydrogen) atoms. The largest absolute Gasteiger partial charge is 0.488 e. The molecule has 3 rings (SSSR count). The summed E-state index contributed by atoms with van der Waals surface area (Å²) in [6, 6.07) is 10.8. The van der Waals surface area contributed by atoms with Crippen LogP contribution in [-0.2, 0) is 10.0 Å². The summed E-state index contributed by atoms with van der Waals surface area (Å²) in [5, 5.41) is 12.8. The van der Waals surface area contributed by atoms with E-state index in [9.17, 15) is 18.3 Å². The van der Waals surface area contributed by atoms with Gasteiger partial charge in [-0.05, 0) is 51.2 Å². The molecular formula is C23H31N3O5S. The number of aliphatic hydroxyl groups is 1. The van der Waals surface area contributed by atoms with Crippen molar-refractivity contribution in [2.75, 3.05) is 31.5 Å². The van der Waals surface area contributed by atoms with Crippen molar-refractivity contribution in [3.63, 3.8) is 0 Å². The number of hydrogen-bond donors (Lipinski definition) is 3. The van der Waals surface area contributed by atoms with Gasteiger partial charge in [0, 0.05) is 24.7 Å². The van der Waals surface area contributed by atoms with Crippen LogP contribution in [0.3, 0.4) is 0 Å². The highest BCUT2D eigenvalue weighted by Crippen LogP contribution is 2.31. The molecule has 9 heteroatoms. The number of nitrogens with one attached hydrogen (secondary N) is 2. The Kier molecular flexibility index (Phi) is 7.43. The Morgan fingerprint density at radius 1 is 1.22 bits per heavy atom. The first kappa shape index (κ1) is 24.0. The molecule has 0 aromatic heterocycles. The van der Waals surface area contributed by atoms with Gasteiger partial charge >= 0.3 is 0 Å². The number of aliphatic hydroxyl groups excluding tert-OH is 1. The molecule has 2 aromatic rings. The first-order valence-electron chi connectivity index (χ1n) is 10.6. The zero-order chi connectivity index (χ0) is 23.5. The number of fused-ring (bicyclic) bond motifs is 1. The summed E-state index contributed by atoms with van der Waals surface area (Å²) in [6.07, 6.45) is -0.199. The Morgan fingerprint density at radius 3 is 2.53 bits per heavy atom. The quantitative estimate of drug-likeness (QED) is 0.584. The van der Waals surface area contributed by atoms with Crippen molar-refractivity contribution >= 4 is 21.6 Å². The summed E-state index contributed by atoms with van der Waals surface area (Å²) in [4.78, 5) is 15.1. The summed E-state index contributed by atoms with van der Waals surface area (Å²) in [6.45, 7) is 6.48. The average Bonchev–Trinajstić information content (AvgIpc) is 2.76. The number of hydrogen-bond acceptors (Lipinski definition) is 6. The fourth-order valence-corrected chi connectivity index (χ4v) is 4.71. The molecule has 1 aliphatic heterocycles. The third kappa shape index (κ3) is 5.23. The molecule has 3 N–H and O–H groups in total. The predicted octanol–water partition coefficient (Wildman–Crippen LogP) is 2.24. The van der Waals surface area contributed by atoms with E-state index in [1.54, 1.807) is 36.1 Å². The standard InChI is InChI=1S/C23H31N3O5S/c1-15-5-8-19(9-6-15)32(29,30)25-18-7-10-21-20(11-18)23(28)26(17(3)14-27)13-16(2)22(31-21)12-24-4/h5-11,16-17,22,24-25,27H,12-14H2,1-4H3/t16-,17-,22+/m0/s1. The van der Waals surface area contributed by atoms with Crippen molar-refractivity contribution in [3.05, 3.63) is 53.6 Å². The number of aryl methyl sites for hydroxylation is 1. The van der Waals surface area contributed by atoms with E-state index < -0.39 is 10.0 Å². The van der Waals surface area contributed by atoms with Crippen LogP contribution in [0.2, 0.25) is 0 Å². The van der Waals surface area contributed by atoms with Crippen molar-refractivity contribution in [2.45, 2.75) is 37.8 Å². The molecule has 1 aliphatic rings. The monoisotopic (exact) mass is 461 g/mol. The van der Waals surface area contributed by atoms with E-state index in [1.807, 2.05) is 20.9 Å². The molecule has 8 nitrogen and oxygen atoms in total. The molecule has 3 atom stereocenters. The van der Waals surface area contributed by atoms with E-state index in [0.29, 0.717) is 18.8 Å². The van der Waals surface area contributed by atoms with Gasteiger partial charge in [-0.25, -0.2) is 8.42 Å². The van der Waals surface area contributed by atoms with E-state index in [1.165, 1.54) is 18.2 Å². The lowest BCUT2D eigenvalue weighted by Gasteiger charge is -2.37. The smallest absolute Gasteiger partial charge is 0.261 e. The number of benzene rings is 2. The summed E-state index contributed by atoms with van der Waals surface area (Å²) in [5.41, 5.74) is 1.47. The molecule has 0 saturated carbocycles. The van der Waals surface area contributed by atoms with E-state index >= 15 is 0 Å². The molecule has 0 aliphatic carbocycles. The SMILES string of the molecule is CNC[C@H]1Oc2ccc(NS(=O)(=O)c3ccc(C)cc3)cc2C(=O)N([C@@H](C)CO)C[C@@H]1C. The minimum Gasteiger partial charge on any atom is -0.488 e. The van der Waals surface area contributed by atoms with Gasteiger partial charge in [-0.15, -0.1) is 0 Å². The van der Waals surface area contributed by atoms with Crippen LogP contribution in [-0.4, -0.2) is 63.2 Å². The maximum absolute atomic E-state index is 13.4. The van der Waals surface area contributed by atoms with Crippen LogP contribution >= 0.6 is 0 Å². The number of carbonyl (C=O) groups is 1. The maximum atomic E-state index is 13.4. The molecule has 0 radical (unpaired) electrons. The Hall–Kier alpha value is -2.62. The Bertz CT molecular complexity index is 1060. The van der Waals surface area contributed by atoms with E-state index in [0.717, 1.165) is 5.56 Å². The lowest BCUT2D eigenvalue weighted by atomic mass is 9.99. The van der Waals surface area contributed by atoms with Gasteiger partial charge in [0.05, 0.1) is 23.1 Å². The Labute approximate surface area is 189 Å². The van der Waals surface area contributed by atoms with Crippen molar-refractivity contribution in [1.29, 1.82) is 0 Å². The van der Waals surface area contributed by atoms with Crippen molar-refractivity contribution in [1.82, 2.24) is 10.2 Å². The zero-order valence-electron chi connectivity index (χ0n) is 18.8. The van der Waals surface area contributed by atoms with Gasteiger partial charge in [-0.1, -0.05) is 24.6 Å². The Balaban J connectivity index is 1.99. The number of sulfonamides is 1. The summed E-state index contributed by atoms with van der Waals surface area (Å²) in [5.74, 6) is 0.0937. The number of nitrogens with zero attached hydrogens (tertiary/aromatic N) is 1. The van der Waals surface area contributed by atoms with Crippen LogP contribution in [0.25, 0.3) is 0 Å². The van der Waals surface area contributed by atoms with Gasteiger partial charge < -0.3 is 20.1 Å². The lowest BCUT2D eigenvalue weighted by molar-refractivity contribution is 0.0416. The van der Waals surface area contributed by atoms with Crippen molar-refractivity contribution < 1.29 is 23.1 Å². The summed E-state index contributed by atoms with van der Waals surface area (Å²) in [7, 11) is -1.99. The normalized spacial score (nSPS) is 20.0. The highest BCUT2D eigenvalue weighted by Gasteiger charge is 2.33. The molecule has 1 amide bonds. The number of rotatable bonds is 7.